The van der Waals surface area contributed by atoms with E-state index in [4.69, 9.17) is 50.5 Å². The average Bonchev–Trinajstić information content (AvgIpc) is 2.44. The summed E-state index contributed by atoms with van der Waals surface area (Å²) in [6, 6.07) is 4.74. The van der Waals surface area contributed by atoms with Gasteiger partial charge in [-0.2, -0.15) is 0 Å². The third-order valence-corrected chi connectivity index (χ3v) is 11.4. The minimum atomic E-state index is -1.11. The molecular formula is C12H26Cl4OSi2. The number of rotatable bonds is 14. The number of hydrogen-bond acceptors (Lipinski definition) is 1. The second-order valence-corrected chi connectivity index (χ2v) is 12.1. The maximum Gasteiger partial charge on any atom is 0.163 e. The predicted molar refractivity (Wildman–Crippen MR) is 96.0 cm³/mol. The Bertz CT molecular complexity index is 155. The van der Waals surface area contributed by atoms with Crippen LogP contribution in [0.1, 0.15) is 25.7 Å². The van der Waals surface area contributed by atoms with Crippen molar-refractivity contribution in [2.24, 2.45) is 0 Å². The molecule has 0 aromatic carbocycles. The van der Waals surface area contributed by atoms with Gasteiger partial charge in [0.1, 0.15) is 0 Å². The maximum absolute atomic E-state index is 6.50. The van der Waals surface area contributed by atoms with Gasteiger partial charge < -0.3 is 4.12 Å². The molecule has 0 aromatic heterocycles. The molecule has 0 N–H and O–H groups in total. The van der Waals surface area contributed by atoms with E-state index in [1.165, 1.54) is 24.2 Å². The standard InChI is InChI=1S/C12H26Cl4OSi2/c13-5-1-9-18(10-2-6-14)17-19(11-3-7-15)12-4-8-16/h18-19H,1-12H2. The monoisotopic (exact) mass is 382 g/mol. The van der Waals surface area contributed by atoms with Gasteiger partial charge >= 0.3 is 0 Å². The topological polar surface area (TPSA) is 9.23 Å². The Morgan fingerprint density at radius 3 is 1.00 bits per heavy atom. The van der Waals surface area contributed by atoms with Gasteiger partial charge in [0.05, 0.1) is 0 Å². The van der Waals surface area contributed by atoms with E-state index >= 15 is 0 Å². The van der Waals surface area contributed by atoms with E-state index < -0.39 is 18.1 Å². The van der Waals surface area contributed by atoms with Gasteiger partial charge in [-0.05, 0) is 49.9 Å². The maximum atomic E-state index is 6.50. The molecule has 0 radical (unpaired) electrons. The lowest BCUT2D eigenvalue weighted by Gasteiger charge is -2.23. The quantitative estimate of drug-likeness (QED) is 0.304. The highest BCUT2D eigenvalue weighted by Crippen LogP contribution is 2.16. The molecule has 0 spiro atoms. The van der Waals surface area contributed by atoms with Crippen molar-refractivity contribution < 1.29 is 4.12 Å². The normalized spacial score (nSPS) is 11.7. The van der Waals surface area contributed by atoms with Gasteiger partial charge in [0.25, 0.3) is 0 Å². The fourth-order valence-electron chi connectivity index (χ4n) is 2.05. The molecule has 0 aliphatic rings. The third-order valence-electron chi connectivity index (χ3n) is 3.02. The van der Waals surface area contributed by atoms with E-state index in [1.807, 2.05) is 0 Å². The van der Waals surface area contributed by atoms with E-state index in [9.17, 15) is 0 Å². The summed E-state index contributed by atoms with van der Waals surface area (Å²) in [4.78, 5) is 0. The smallest absolute Gasteiger partial charge is 0.163 e. The lowest BCUT2D eigenvalue weighted by molar-refractivity contribution is 0.560. The van der Waals surface area contributed by atoms with Crippen LogP contribution in [0, 0.1) is 0 Å². The molecule has 0 saturated heterocycles. The molecule has 0 bridgehead atoms. The zero-order chi connectivity index (χ0) is 14.3. The summed E-state index contributed by atoms with van der Waals surface area (Å²) in [5.41, 5.74) is 0. The van der Waals surface area contributed by atoms with Crippen LogP contribution in [0.5, 0.6) is 0 Å². The number of halogens is 4. The van der Waals surface area contributed by atoms with E-state index in [-0.39, 0.29) is 0 Å². The van der Waals surface area contributed by atoms with Crippen LogP contribution in [0.3, 0.4) is 0 Å². The first-order valence-electron chi connectivity index (χ1n) is 7.17. The fourth-order valence-corrected chi connectivity index (χ4v) is 11.3. The molecule has 0 fully saturated rings. The minimum Gasteiger partial charge on any atom is -0.460 e. The van der Waals surface area contributed by atoms with Gasteiger partial charge in [0.15, 0.2) is 18.1 Å². The largest absolute Gasteiger partial charge is 0.460 e. The van der Waals surface area contributed by atoms with Crippen LogP contribution in [0.15, 0.2) is 0 Å². The van der Waals surface area contributed by atoms with E-state index in [1.54, 1.807) is 0 Å². The van der Waals surface area contributed by atoms with Crippen molar-refractivity contribution >= 4 is 64.5 Å². The summed E-state index contributed by atoms with van der Waals surface area (Å²) in [7, 11) is -2.21. The van der Waals surface area contributed by atoms with Crippen LogP contribution in [-0.4, -0.2) is 41.6 Å². The second-order valence-electron chi connectivity index (χ2n) is 4.70. The van der Waals surface area contributed by atoms with E-state index in [0.29, 0.717) is 0 Å². The molecule has 0 saturated carbocycles. The van der Waals surface area contributed by atoms with Crippen molar-refractivity contribution in [1.29, 1.82) is 0 Å². The van der Waals surface area contributed by atoms with Crippen molar-refractivity contribution in [3.63, 3.8) is 0 Å². The molecule has 0 atom stereocenters. The summed E-state index contributed by atoms with van der Waals surface area (Å²) < 4.78 is 6.50. The molecule has 0 heterocycles. The molecule has 0 aromatic rings. The second kappa shape index (κ2) is 15.9. The Kier molecular flexibility index (Phi) is 17.2. The van der Waals surface area contributed by atoms with Crippen LogP contribution in [-0.2, 0) is 4.12 Å². The molecular weight excluding hydrogens is 358 g/mol. The molecule has 7 heteroatoms. The summed E-state index contributed by atoms with van der Waals surface area (Å²) in [5.74, 6) is 2.96. The first-order valence-corrected chi connectivity index (χ1v) is 13.5. The highest BCUT2D eigenvalue weighted by Gasteiger charge is 2.18. The Labute approximate surface area is 141 Å². The molecule has 0 unspecified atom stereocenters. The third kappa shape index (κ3) is 13.0. The van der Waals surface area contributed by atoms with Crippen LogP contribution < -0.4 is 0 Å². The SMILES string of the molecule is ClCCC[SiH](CCCCl)O[SiH](CCCCl)CCCCl. The molecule has 0 aliphatic carbocycles. The van der Waals surface area contributed by atoms with Crippen LogP contribution in [0.4, 0.5) is 0 Å². The number of hydrogen-bond donors (Lipinski definition) is 0. The molecule has 19 heavy (non-hydrogen) atoms. The van der Waals surface area contributed by atoms with Crippen molar-refractivity contribution in [2.45, 2.75) is 49.9 Å². The summed E-state index contributed by atoms with van der Waals surface area (Å²) in [6.45, 7) is 0. The molecule has 0 rings (SSSR count). The first-order chi connectivity index (χ1) is 9.28. The van der Waals surface area contributed by atoms with E-state index in [2.05, 4.69) is 0 Å². The van der Waals surface area contributed by atoms with Crippen molar-refractivity contribution in [1.82, 2.24) is 0 Å². The van der Waals surface area contributed by atoms with Gasteiger partial charge in [0.2, 0.25) is 0 Å². The Balaban J connectivity index is 4.16. The fraction of sp³-hybridized carbons (Fsp3) is 1.00. The minimum absolute atomic E-state index is 0.739. The molecule has 0 amide bonds. The van der Waals surface area contributed by atoms with Gasteiger partial charge in [-0.25, -0.2) is 0 Å². The van der Waals surface area contributed by atoms with Gasteiger partial charge in [0, 0.05) is 23.5 Å². The molecule has 116 valence electrons. The highest BCUT2D eigenvalue weighted by molar-refractivity contribution is 6.66. The lowest BCUT2D eigenvalue weighted by atomic mass is 10.6. The lowest BCUT2D eigenvalue weighted by Crippen LogP contribution is -2.29. The van der Waals surface area contributed by atoms with Crippen molar-refractivity contribution in [3.05, 3.63) is 0 Å². The predicted octanol–water partition coefficient (Wildman–Crippen LogP) is 4.97. The molecule has 0 aliphatic heterocycles. The zero-order valence-corrected chi connectivity index (χ0v) is 16.9. The van der Waals surface area contributed by atoms with Crippen LogP contribution >= 0.6 is 46.4 Å². The zero-order valence-electron chi connectivity index (χ0n) is 11.6. The number of alkyl halides is 4. The Morgan fingerprint density at radius 1 is 0.526 bits per heavy atom. The van der Waals surface area contributed by atoms with Gasteiger partial charge in [-0.15, -0.1) is 46.4 Å². The van der Waals surface area contributed by atoms with Gasteiger partial charge in [-0.1, -0.05) is 0 Å². The Morgan fingerprint density at radius 2 is 0.789 bits per heavy atom. The van der Waals surface area contributed by atoms with Gasteiger partial charge in [-0.3, -0.25) is 0 Å². The Hall–Kier alpha value is 1.55. The van der Waals surface area contributed by atoms with Crippen molar-refractivity contribution in [3.8, 4) is 0 Å². The van der Waals surface area contributed by atoms with Crippen molar-refractivity contribution in [2.75, 3.05) is 23.5 Å². The first kappa shape index (κ1) is 20.6. The van der Waals surface area contributed by atoms with Crippen LogP contribution in [0.2, 0.25) is 24.2 Å². The molecule has 1 nitrogen and oxygen atoms in total. The van der Waals surface area contributed by atoms with E-state index in [0.717, 1.165) is 49.2 Å². The summed E-state index contributed by atoms with van der Waals surface area (Å²) in [6.07, 6.45) is 4.31. The highest BCUT2D eigenvalue weighted by atomic mass is 35.5. The summed E-state index contributed by atoms with van der Waals surface area (Å²) in [5, 5.41) is 0. The average molecular weight is 384 g/mol. The summed E-state index contributed by atoms with van der Waals surface area (Å²) >= 11 is 23.2. The van der Waals surface area contributed by atoms with Crippen LogP contribution in [0.25, 0.3) is 0 Å².